The lowest BCUT2D eigenvalue weighted by molar-refractivity contribution is 0.334. The van der Waals surface area contributed by atoms with Crippen LogP contribution in [0.4, 0.5) is 0 Å². The maximum atomic E-state index is 4.62. The average Bonchev–Trinajstić information content (AvgIpc) is 2.73. The van der Waals surface area contributed by atoms with Crippen LogP contribution >= 0.6 is 0 Å². The van der Waals surface area contributed by atoms with Crippen molar-refractivity contribution in [2.24, 2.45) is 0 Å². The van der Waals surface area contributed by atoms with Crippen LogP contribution in [-0.2, 0) is 6.42 Å². The SMILES string of the molecule is CCCNC(Cc1ccn(C(C)C)n1)CN(C)C. The predicted octanol–water partition coefficient (Wildman–Crippen LogP) is 1.94. The summed E-state index contributed by atoms with van der Waals surface area (Å²) in [5, 5.41) is 8.22. The lowest BCUT2D eigenvalue weighted by Gasteiger charge is -2.21. The fourth-order valence-corrected chi connectivity index (χ4v) is 2.02. The smallest absolute Gasteiger partial charge is 0.0640 e. The molecule has 0 spiro atoms. The molecule has 4 heteroatoms. The lowest BCUT2D eigenvalue weighted by atomic mass is 10.1. The molecule has 1 atom stereocenters. The Kier molecular flexibility index (Phi) is 6.36. The average molecular weight is 252 g/mol. The van der Waals surface area contributed by atoms with Gasteiger partial charge in [-0.05, 0) is 47.0 Å². The third-order valence-corrected chi connectivity index (χ3v) is 2.92. The van der Waals surface area contributed by atoms with Crippen LogP contribution in [0, 0.1) is 0 Å². The van der Waals surface area contributed by atoms with Gasteiger partial charge in [-0.25, -0.2) is 0 Å². The zero-order valence-electron chi connectivity index (χ0n) is 12.5. The summed E-state index contributed by atoms with van der Waals surface area (Å²) in [6.45, 7) is 8.64. The number of likely N-dealkylation sites (N-methyl/N-ethyl adjacent to an activating group) is 1. The van der Waals surface area contributed by atoms with Gasteiger partial charge in [-0.1, -0.05) is 6.92 Å². The summed E-state index contributed by atoms with van der Waals surface area (Å²) < 4.78 is 2.03. The molecule has 18 heavy (non-hydrogen) atoms. The molecule has 1 unspecified atom stereocenters. The molecule has 0 aliphatic heterocycles. The van der Waals surface area contributed by atoms with Gasteiger partial charge in [0.1, 0.15) is 0 Å². The zero-order valence-corrected chi connectivity index (χ0v) is 12.5. The second-order valence-corrected chi connectivity index (χ2v) is 5.50. The van der Waals surface area contributed by atoms with Gasteiger partial charge < -0.3 is 10.2 Å². The van der Waals surface area contributed by atoms with E-state index in [9.17, 15) is 0 Å². The van der Waals surface area contributed by atoms with Crippen molar-refractivity contribution in [3.8, 4) is 0 Å². The highest BCUT2D eigenvalue weighted by atomic mass is 15.3. The van der Waals surface area contributed by atoms with Crippen molar-refractivity contribution in [2.45, 2.75) is 45.7 Å². The third-order valence-electron chi connectivity index (χ3n) is 2.92. The number of nitrogens with zero attached hydrogens (tertiary/aromatic N) is 3. The summed E-state index contributed by atoms with van der Waals surface area (Å²) in [6, 6.07) is 3.06. The predicted molar refractivity (Wildman–Crippen MR) is 77.0 cm³/mol. The Labute approximate surface area is 111 Å². The van der Waals surface area contributed by atoms with Crippen molar-refractivity contribution in [1.29, 1.82) is 0 Å². The second kappa shape index (κ2) is 7.54. The highest BCUT2D eigenvalue weighted by molar-refractivity contribution is 5.02. The molecule has 1 aromatic rings. The normalized spacial score (nSPS) is 13.5. The molecule has 1 aromatic heterocycles. The maximum absolute atomic E-state index is 4.62. The number of nitrogens with one attached hydrogen (secondary N) is 1. The Balaban J connectivity index is 2.57. The van der Waals surface area contributed by atoms with E-state index in [0.717, 1.165) is 19.5 Å². The van der Waals surface area contributed by atoms with Crippen LogP contribution < -0.4 is 5.32 Å². The van der Waals surface area contributed by atoms with E-state index in [1.54, 1.807) is 0 Å². The van der Waals surface area contributed by atoms with Crippen molar-refractivity contribution in [3.63, 3.8) is 0 Å². The summed E-state index contributed by atoms with van der Waals surface area (Å²) >= 11 is 0. The quantitative estimate of drug-likeness (QED) is 0.767. The van der Waals surface area contributed by atoms with Crippen molar-refractivity contribution in [2.75, 3.05) is 27.2 Å². The topological polar surface area (TPSA) is 33.1 Å². The maximum Gasteiger partial charge on any atom is 0.0640 e. The summed E-state index contributed by atoms with van der Waals surface area (Å²) in [7, 11) is 4.24. The molecule has 0 amide bonds. The Morgan fingerprint density at radius 1 is 1.39 bits per heavy atom. The molecular weight excluding hydrogens is 224 g/mol. The second-order valence-electron chi connectivity index (χ2n) is 5.50. The Bertz CT molecular complexity index is 330. The summed E-state index contributed by atoms with van der Waals surface area (Å²) in [6.07, 6.45) is 4.24. The molecule has 104 valence electrons. The van der Waals surface area contributed by atoms with Crippen LogP contribution in [0.2, 0.25) is 0 Å². The van der Waals surface area contributed by atoms with E-state index in [2.05, 4.69) is 62.4 Å². The summed E-state index contributed by atoms with van der Waals surface area (Å²) in [5.74, 6) is 0. The van der Waals surface area contributed by atoms with Crippen molar-refractivity contribution in [3.05, 3.63) is 18.0 Å². The first-order valence-electron chi connectivity index (χ1n) is 6.95. The van der Waals surface area contributed by atoms with Gasteiger partial charge in [0.25, 0.3) is 0 Å². The molecule has 0 aromatic carbocycles. The minimum Gasteiger partial charge on any atom is -0.312 e. The van der Waals surface area contributed by atoms with E-state index >= 15 is 0 Å². The van der Waals surface area contributed by atoms with Gasteiger partial charge in [-0.3, -0.25) is 4.68 Å². The minimum atomic E-state index is 0.439. The van der Waals surface area contributed by atoms with Crippen LogP contribution in [0.25, 0.3) is 0 Å². The highest BCUT2D eigenvalue weighted by Gasteiger charge is 2.12. The van der Waals surface area contributed by atoms with Crippen LogP contribution in [0.5, 0.6) is 0 Å². The summed E-state index contributed by atoms with van der Waals surface area (Å²) in [4.78, 5) is 2.23. The molecule has 0 fully saturated rings. The first-order chi connectivity index (χ1) is 8.52. The highest BCUT2D eigenvalue weighted by Crippen LogP contribution is 2.07. The first kappa shape index (κ1) is 15.2. The van der Waals surface area contributed by atoms with Gasteiger partial charge in [0, 0.05) is 31.2 Å². The molecular formula is C14H28N4. The van der Waals surface area contributed by atoms with Gasteiger partial charge in [0.05, 0.1) is 5.69 Å². The van der Waals surface area contributed by atoms with Crippen LogP contribution in [0.1, 0.15) is 38.9 Å². The van der Waals surface area contributed by atoms with Crippen LogP contribution in [-0.4, -0.2) is 47.9 Å². The van der Waals surface area contributed by atoms with Crippen LogP contribution in [0.3, 0.4) is 0 Å². The zero-order chi connectivity index (χ0) is 13.5. The monoisotopic (exact) mass is 252 g/mol. The standard InChI is InChI=1S/C14H28N4/c1-6-8-15-14(11-17(4)5)10-13-7-9-18(16-13)12(2)3/h7,9,12,14-15H,6,8,10-11H2,1-5H3. The Morgan fingerprint density at radius 3 is 2.61 bits per heavy atom. The molecule has 4 nitrogen and oxygen atoms in total. The fourth-order valence-electron chi connectivity index (χ4n) is 2.02. The number of hydrogen-bond donors (Lipinski definition) is 1. The molecule has 0 bridgehead atoms. The largest absolute Gasteiger partial charge is 0.312 e. The van der Waals surface area contributed by atoms with E-state index in [0.29, 0.717) is 12.1 Å². The molecule has 0 aliphatic rings. The molecule has 1 heterocycles. The van der Waals surface area contributed by atoms with Gasteiger partial charge in [0.2, 0.25) is 0 Å². The first-order valence-corrected chi connectivity index (χ1v) is 6.95. The molecule has 0 saturated heterocycles. The Hall–Kier alpha value is -0.870. The van der Waals surface area contributed by atoms with Gasteiger partial charge >= 0.3 is 0 Å². The minimum absolute atomic E-state index is 0.439. The Morgan fingerprint density at radius 2 is 2.11 bits per heavy atom. The van der Waals surface area contributed by atoms with E-state index in [1.807, 2.05) is 4.68 Å². The fraction of sp³-hybridized carbons (Fsp3) is 0.786. The number of rotatable bonds is 8. The van der Waals surface area contributed by atoms with Gasteiger partial charge in [0.15, 0.2) is 0 Å². The molecule has 1 N–H and O–H groups in total. The molecule has 1 rings (SSSR count). The molecule has 0 saturated carbocycles. The van der Waals surface area contributed by atoms with Crippen LogP contribution in [0.15, 0.2) is 12.3 Å². The van der Waals surface area contributed by atoms with E-state index in [4.69, 9.17) is 0 Å². The van der Waals surface area contributed by atoms with E-state index < -0.39 is 0 Å². The van der Waals surface area contributed by atoms with Crippen molar-refractivity contribution in [1.82, 2.24) is 20.0 Å². The van der Waals surface area contributed by atoms with Crippen molar-refractivity contribution >= 4 is 0 Å². The number of aromatic nitrogens is 2. The van der Waals surface area contributed by atoms with Gasteiger partial charge in [-0.15, -0.1) is 0 Å². The number of hydrogen-bond acceptors (Lipinski definition) is 3. The lowest BCUT2D eigenvalue weighted by Crippen LogP contribution is -2.40. The molecule has 0 radical (unpaired) electrons. The van der Waals surface area contributed by atoms with Crippen molar-refractivity contribution < 1.29 is 0 Å². The van der Waals surface area contributed by atoms with E-state index in [-0.39, 0.29) is 0 Å². The van der Waals surface area contributed by atoms with E-state index in [1.165, 1.54) is 12.1 Å². The summed E-state index contributed by atoms with van der Waals surface area (Å²) in [5.41, 5.74) is 1.18. The third kappa shape index (κ3) is 5.19. The molecule has 0 aliphatic carbocycles. The van der Waals surface area contributed by atoms with Gasteiger partial charge in [-0.2, -0.15) is 5.10 Å².